The van der Waals surface area contributed by atoms with Gasteiger partial charge in [-0.1, -0.05) is 0 Å². The minimum absolute atomic E-state index is 0.0167. The van der Waals surface area contributed by atoms with E-state index in [0.29, 0.717) is 0 Å². The van der Waals surface area contributed by atoms with E-state index in [-0.39, 0.29) is 22.3 Å². The quantitative estimate of drug-likeness (QED) is 0.531. The summed E-state index contributed by atoms with van der Waals surface area (Å²) in [5.74, 6) is -2.06. The van der Waals surface area contributed by atoms with Gasteiger partial charge in [0, 0.05) is 22.2 Å². The molecule has 4 amide bonds. The maximum atomic E-state index is 13.2. The average molecular weight is 475 g/mol. The van der Waals surface area contributed by atoms with Gasteiger partial charge in [-0.15, -0.1) is 0 Å². The van der Waals surface area contributed by atoms with Crippen LogP contribution in [0.25, 0.3) is 0 Å². The van der Waals surface area contributed by atoms with E-state index in [4.69, 9.17) is 0 Å². The molecule has 8 heteroatoms. The van der Waals surface area contributed by atoms with E-state index < -0.39 is 45.8 Å². The molecule has 0 bridgehead atoms. The highest BCUT2D eigenvalue weighted by Crippen LogP contribution is 2.22. The number of rotatable bonds is 4. The molecular formula is C26H42N4O4. The molecule has 0 fully saturated rings. The molecule has 0 unspecified atom stereocenters. The Labute approximate surface area is 204 Å². The molecule has 0 saturated heterocycles. The van der Waals surface area contributed by atoms with E-state index in [1.807, 2.05) is 83.1 Å². The highest BCUT2D eigenvalue weighted by Gasteiger charge is 2.30. The van der Waals surface area contributed by atoms with Crippen LogP contribution >= 0.6 is 0 Å². The van der Waals surface area contributed by atoms with Gasteiger partial charge in [0.1, 0.15) is 0 Å². The van der Waals surface area contributed by atoms with Crippen molar-refractivity contribution in [3.05, 3.63) is 34.4 Å². The van der Waals surface area contributed by atoms with Crippen molar-refractivity contribution in [3.63, 3.8) is 0 Å². The molecule has 4 N–H and O–H groups in total. The minimum atomic E-state index is -0.578. The van der Waals surface area contributed by atoms with E-state index in [1.165, 1.54) is 12.1 Å². The second-order valence-electron chi connectivity index (χ2n) is 12.8. The number of carbonyl (C=O) groups is 4. The molecule has 190 valence electrons. The number of hydrogen-bond acceptors (Lipinski definition) is 4. The lowest BCUT2D eigenvalue weighted by Crippen LogP contribution is -2.46. The summed E-state index contributed by atoms with van der Waals surface area (Å²) in [6, 6.07) is 2.66. The molecule has 1 rings (SSSR count). The summed E-state index contributed by atoms with van der Waals surface area (Å²) in [4.78, 5) is 52.8. The smallest absolute Gasteiger partial charge is 0.252 e. The summed E-state index contributed by atoms with van der Waals surface area (Å²) in [6.45, 7) is 21.8. The zero-order chi connectivity index (χ0) is 26.9. The maximum Gasteiger partial charge on any atom is 0.252 e. The van der Waals surface area contributed by atoms with Crippen LogP contribution in [0.2, 0.25) is 0 Å². The van der Waals surface area contributed by atoms with Crippen LogP contribution in [0.15, 0.2) is 12.1 Å². The van der Waals surface area contributed by atoms with Gasteiger partial charge in [-0.25, -0.2) is 0 Å². The predicted octanol–water partition coefficient (Wildman–Crippen LogP) is 3.80. The molecule has 0 aliphatic rings. The Morgan fingerprint density at radius 2 is 0.559 bits per heavy atom. The van der Waals surface area contributed by atoms with Crippen molar-refractivity contribution < 1.29 is 19.2 Å². The average Bonchev–Trinajstić information content (AvgIpc) is 2.54. The first-order valence-corrected chi connectivity index (χ1v) is 11.5. The number of nitrogens with one attached hydrogen (secondary N) is 4. The molecule has 0 radical (unpaired) electrons. The van der Waals surface area contributed by atoms with Crippen LogP contribution in [0.3, 0.4) is 0 Å². The summed E-state index contributed by atoms with van der Waals surface area (Å²) in [7, 11) is 0. The normalized spacial score (nSPS) is 12.6. The topological polar surface area (TPSA) is 116 Å². The summed E-state index contributed by atoms with van der Waals surface area (Å²) in [5, 5.41) is 11.4. The van der Waals surface area contributed by atoms with Gasteiger partial charge in [0.2, 0.25) is 0 Å². The van der Waals surface area contributed by atoms with Crippen molar-refractivity contribution in [3.8, 4) is 0 Å². The third-order valence-electron chi connectivity index (χ3n) is 4.09. The lowest BCUT2D eigenvalue weighted by atomic mass is 9.93. The molecule has 0 aliphatic heterocycles. The van der Waals surface area contributed by atoms with Gasteiger partial charge in [-0.05, 0) is 95.2 Å². The van der Waals surface area contributed by atoms with E-state index in [2.05, 4.69) is 21.3 Å². The Morgan fingerprint density at radius 3 is 0.676 bits per heavy atom. The van der Waals surface area contributed by atoms with E-state index in [0.717, 1.165) is 0 Å². The summed E-state index contributed by atoms with van der Waals surface area (Å²) < 4.78 is 0. The highest BCUT2D eigenvalue weighted by molar-refractivity contribution is 6.14. The van der Waals surface area contributed by atoms with Crippen molar-refractivity contribution in [2.45, 2.75) is 105 Å². The Balaban J connectivity index is 3.87. The van der Waals surface area contributed by atoms with Crippen molar-refractivity contribution in [2.75, 3.05) is 0 Å². The Morgan fingerprint density at radius 1 is 0.412 bits per heavy atom. The van der Waals surface area contributed by atoms with Gasteiger partial charge in [0.25, 0.3) is 23.6 Å². The van der Waals surface area contributed by atoms with Gasteiger partial charge in [-0.2, -0.15) is 0 Å². The first-order valence-electron chi connectivity index (χ1n) is 11.5. The SMILES string of the molecule is CC(C)(C)NC(=O)c1cc(C(=O)NC(C)(C)C)c(C(=O)NC(C)(C)C)cc1C(=O)NC(C)(C)C. The molecule has 34 heavy (non-hydrogen) atoms. The van der Waals surface area contributed by atoms with Crippen LogP contribution in [0.5, 0.6) is 0 Å². The molecule has 0 spiro atoms. The summed E-state index contributed by atoms with van der Waals surface area (Å²) >= 11 is 0. The number of carbonyl (C=O) groups excluding carboxylic acids is 4. The van der Waals surface area contributed by atoms with E-state index in [1.54, 1.807) is 0 Å². The summed E-state index contributed by atoms with van der Waals surface area (Å²) in [6.07, 6.45) is 0. The number of benzene rings is 1. The van der Waals surface area contributed by atoms with Crippen LogP contribution in [-0.2, 0) is 0 Å². The first-order chi connectivity index (χ1) is 15.0. The van der Waals surface area contributed by atoms with Crippen LogP contribution < -0.4 is 21.3 Å². The Bertz CT molecular complexity index is 814. The molecule has 0 atom stereocenters. The predicted molar refractivity (Wildman–Crippen MR) is 135 cm³/mol. The zero-order valence-electron chi connectivity index (χ0n) is 22.8. The second-order valence-corrected chi connectivity index (χ2v) is 12.8. The molecule has 0 aromatic heterocycles. The molecular weight excluding hydrogens is 432 g/mol. The molecule has 1 aromatic carbocycles. The first kappa shape index (κ1) is 29.1. The van der Waals surface area contributed by atoms with Crippen LogP contribution in [0, 0.1) is 0 Å². The minimum Gasteiger partial charge on any atom is -0.347 e. The lowest BCUT2D eigenvalue weighted by Gasteiger charge is -2.26. The van der Waals surface area contributed by atoms with Crippen molar-refractivity contribution in [1.82, 2.24) is 21.3 Å². The van der Waals surface area contributed by atoms with Gasteiger partial charge in [0.15, 0.2) is 0 Å². The number of hydrogen-bond donors (Lipinski definition) is 4. The van der Waals surface area contributed by atoms with E-state index >= 15 is 0 Å². The largest absolute Gasteiger partial charge is 0.347 e. The van der Waals surface area contributed by atoms with Gasteiger partial charge in [-0.3, -0.25) is 19.2 Å². The van der Waals surface area contributed by atoms with Gasteiger partial charge >= 0.3 is 0 Å². The fraction of sp³-hybridized carbons (Fsp3) is 0.615. The third-order valence-corrected chi connectivity index (χ3v) is 4.09. The third kappa shape index (κ3) is 9.53. The fourth-order valence-corrected chi connectivity index (χ4v) is 2.98. The van der Waals surface area contributed by atoms with Crippen LogP contribution in [-0.4, -0.2) is 45.8 Å². The highest BCUT2D eigenvalue weighted by atomic mass is 16.2. The fourth-order valence-electron chi connectivity index (χ4n) is 2.98. The molecule has 0 saturated carbocycles. The second kappa shape index (κ2) is 9.76. The molecule has 0 heterocycles. The van der Waals surface area contributed by atoms with Crippen molar-refractivity contribution >= 4 is 23.6 Å². The van der Waals surface area contributed by atoms with E-state index in [9.17, 15) is 19.2 Å². The monoisotopic (exact) mass is 474 g/mol. The summed E-state index contributed by atoms with van der Waals surface area (Å²) in [5.41, 5.74) is -2.25. The lowest BCUT2D eigenvalue weighted by molar-refractivity contribution is 0.0871. The van der Waals surface area contributed by atoms with Crippen LogP contribution in [0.4, 0.5) is 0 Å². The van der Waals surface area contributed by atoms with Crippen molar-refractivity contribution in [2.24, 2.45) is 0 Å². The van der Waals surface area contributed by atoms with Gasteiger partial charge < -0.3 is 21.3 Å². The molecule has 8 nitrogen and oxygen atoms in total. The molecule has 0 aliphatic carbocycles. The van der Waals surface area contributed by atoms with Crippen LogP contribution in [0.1, 0.15) is 125 Å². The zero-order valence-corrected chi connectivity index (χ0v) is 22.8. The van der Waals surface area contributed by atoms with Gasteiger partial charge in [0.05, 0.1) is 22.3 Å². The maximum absolute atomic E-state index is 13.2. The Hall–Kier alpha value is -2.90. The number of amides is 4. The molecule has 1 aromatic rings. The standard InChI is InChI=1S/C26H42N4O4/c1-23(2,3)27-19(31)15-13-17(21(33)29-25(7,8)9)18(22(34)30-26(10,11)12)14-16(15)20(32)28-24(4,5)6/h13-14H,1-12H3,(H,27,31)(H,28,32)(H,29,33)(H,30,34). The Kier molecular flexibility index (Phi) is 8.36. The van der Waals surface area contributed by atoms with Crippen molar-refractivity contribution in [1.29, 1.82) is 0 Å².